The van der Waals surface area contributed by atoms with Gasteiger partial charge in [0.2, 0.25) is 0 Å². The summed E-state index contributed by atoms with van der Waals surface area (Å²) >= 11 is 5.23. The number of para-hydroxylation sites is 1. The van der Waals surface area contributed by atoms with Crippen LogP contribution in [0.1, 0.15) is 16.7 Å². The van der Waals surface area contributed by atoms with Crippen LogP contribution >= 0.6 is 27.3 Å². The number of hydrogen-bond acceptors (Lipinski definition) is 2. The molecule has 0 atom stereocenters. The number of halogens is 1. The summed E-state index contributed by atoms with van der Waals surface area (Å²) in [5.41, 5.74) is 5.19. The number of nitrogens with one attached hydrogen (secondary N) is 1. The molecule has 3 heteroatoms. The van der Waals surface area contributed by atoms with Crippen LogP contribution in [-0.2, 0) is 13.0 Å². The monoisotopic (exact) mass is 357 g/mol. The van der Waals surface area contributed by atoms with Crippen LogP contribution in [0.5, 0.6) is 0 Å². The van der Waals surface area contributed by atoms with Crippen LogP contribution in [0.3, 0.4) is 0 Å². The Hall–Kier alpha value is -1.58. The SMILES string of the molecule is Brc1cc(CNc2ccccc2Cc2ccccc2)cs1. The van der Waals surface area contributed by atoms with Gasteiger partial charge in [-0.05, 0) is 56.6 Å². The Morgan fingerprint density at radius 2 is 1.67 bits per heavy atom. The Kier molecular flexibility index (Phi) is 4.73. The molecule has 0 saturated heterocycles. The molecule has 0 saturated carbocycles. The van der Waals surface area contributed by atoms with Crippen molar-refractivity contribution in [2.45, 2.75) is 13.0 Å². The van der Waals surface area contributed by atoms with Gasteiger partial charge in [-0.1, -0.05) is 48.5 Å². The van der Waals surface area contributed by atoms with Gasteiger partial charge in [0.15, 0.2) is 0 Å². The van der Waals surface area contributed by atoms with Crippen LogP contribution in [0, 0.1) is 0 Å². The molecule has 0 aliphatic rings. The molecule has 1 N–H and O–H groups in total. The molecule has 3 aromatic rings. The standard InChI is InChI=1S/C18H16BrNS/c19-18-11-15(13-21-18)12-20-17-9-5-4-8-16(17)10-14-6-2-1-3-7-14/h1-9,11,13,20H,10,12H2. The van der Waals surface area contributed by atoms with Crippen LogP contribution < -0.4 is 5.32 Å². The zero-order valence-electron chi connectivity index (χ0n) is 11.6. The minimum Gasteiger partial charge on any atom is -0.381 e. The molecule has 0 aliphatic carbocycles. The molecule has 0 fully saturated rings. The summed E-state index contributed by atoms with van der Waals surface area (Å²) in [6, 6.07) is 21.3. The molecule has 0 spiro atoms. The second-order valence-corrected chi connectivity index (χ2v) is 7.22. The number of rotatable bonds is 5. The van der Waals surface area contributed by atoms with E-state index in [0.717, 1.165) is 13.0 Å². The summed E-state index contributed by atoms with van der Waals surface area (Å²) < 4.78 is 1.18. The summed E-state index contributed by atoms with van der Waals surface area (Å²) in [5, 5.41) is 5.73. The van der Waals surface area contributed by atoms with E-state index >= 15 is 0 Å². The largest absolute Gasteiger partial charge is 0.381 e. The lowest BCUT2D eigenvalue weighted by Crippen LogP contribution is -2.02. The zero-order valence-corrected chi connectivity index (χ0v) is 14.0. The number of hydrogen-bond donors (Lipinski definition) is 1. The topological polar surface area (TPSA) is 12.0 Å². The van der Waals surface area contributed by atoms with E-state index < -0.39 is 0 Å². The molecular weight excluding hydrogens is 342 g/mol. The lowest BCUT2D eigenvalue weighted by Gasteiger charge is -2.11. The van der Waals surface area contributed by atoms with E-state index in [4.69, 9.17) is 0 Å². The first-order chi connectivity index (χ1) is 10.3. The van der Waals surface area contributed by atoms with E-state index in [0.29, 0.717) is 0 Å². The highest BCUT2D eigenvalue weighted by atomic mass is 79.9. The molecule has 0 radical (unpaired) electrons. The molecule has 0 aliphatic heterocycles. The quantitative estimate of drug-likeness (QED) is 0.616. The molecule has 2 aromatic carbocycles. The van der Waals surface area contributed by atoms with Gasteiger partial charge in [0, 0.05) is 12.2 Å². The minimum atomic E-state index is 0.855. The van der Waals surface area contributed by atoms with Crippen molar-refractivity contribution in [1.29, 1.82) is 0 Å². The molecular formula is C18H16BrNS. The van der Waals surface area contributed by atoms with Crippen molar-refractivity contribution in [2.75, 3.05) is 5.32 Å². The molecule has 21 heavy (non-hydrogen) atoms. The van der Waals surface area contributed by atoms with E-state index in [1.165, 1.54) is 26.2 Å². The fourth-order valence-corrected chi connectivity index (χ4v) is 3.51. The fraction of sp³-hybridized carbons (Fsp3) is 0.111. The van der Waals surface area contributed by atoms with Gasteiger partial charge in [0.05, 0.1) is 3.79 Å². The maximum absolute atomic E-state index is 3.55. The Balaban J connectivity index is 1.73. The second kappa shape index (κ2) is 6.92. The van der Waals surface area contributed by atoms with Gasteiger partial charge in [-0.2, -0.15) is 0 Å². The van der Waals surface area contributed by atoms with Gasteiger partial charge in [-0.3, -0.25) is 0 Å². The molecule has 3 rings (SSSR count). The van der Waals surface area contributed by atoms with Crippen molar-refractivity contribution in [3.8, 4) is 0 Å². The van der Waals surface area contributed by atoms with Gasteiger partial charge >= 0.3 is 0 Å². The minimum absolute atomic E-state index is 0.855. The average Bonchev–Trinajstić information content (AvgIpc) is 2.93. The predicted octanol–water partition coefficient (Wildman–Crippen LogP) is 5.71. The highest BCUT2D eigenvalue weighted by Gasteiger charge is 2.03. The summed E-state index contributed by atoms with van der Waals surface area (Å²) in [6.45, 7) is 0.855. The van der Waals surface area contributed by atoms with Gasteiger partial charge in [-0.15, -0.1) is 11.3 Å². The Bertz CT molecular complexity index is 706. The summed E-state index contributed by atoms with van der Waals surface area (Å²) in [6.07, 6.45) is 0.956. The average molecular weight is 358 g/mol. The Labute approximate surface area is 137 Å². The van der Waals surface area contributed by atoms with Crippen LogP contribution in [-0.4, -0.2) is 0 Å². The third kappa shape index (κ3) is 3.96. The third-order valence-corrected chi connectivity index (χ3v) is 4.91. The smallest absolute Gasteiger partial charge is 0.0701 e. The summed E-state index contributed by atoms with van der Waals surface area (Å²) in [5.74, 6) is 0. The predicted molar refractivity (Wildman–Crippen MR) is 95.0 cm³/mol. The Morgan fingerprint density at radius 1 is 0.905 bits per heavy atom. The van der Waals surface area contributed by atoms with Gasteiger partial charge in [0.1, 0.15) is 0 Å². The first kappa shape index (κ1) is 14.4. The maximum Gasteiger partial charge on any atom is 0.0701 e. The van der Waals surface area contributed by atoms with E-state index in [2.05, 4.69) is 87.3 Å². The lowest BCUT2D eigenvalue weighted by atomic mass is 10.0. The van der Waals surface area contributed by atoms with Gasteiger partial charge in [-0.25, -0.2) is 0 Å². The van der Waals surface area contributed by atoms with Crippen LogP contribution in [0.2, 0.25) is 0 Å². The number of anilines is 1. The molecule has 1 aromatic heterocycles. The van der Waals surface area contributed by atoms with E-state index in [9.17, 15) is 0 Å². The summed E-state index contributed by atoms with van der Waals surface area (Å²) in [7, 11) is 0. The van der Waals surface area contributed by atoms with Crippen molar-refractivity contribution < 1.29 is 0 Å². The van der Waals surface area contributed by atoms with Crippen molar-refractivity contribution in [3.63, 3.8) is 0 Å². The Morgan fingerprint density at radius 3 is 2.43 bits per heavy atom. The fourth-order valence-electron chi connectivity index (χ4n) is 2.30. The highest BCUT2D eigenvalue weighted by molar-refractivity contribution is 9.11. The first-order valence-corrected chi connectivity index (χ1v) is 8.57. The van der Waals surface area contributed by atoms with E-state index in [-0.39, 0.29) is 0 Å². The van der Waals surface area contributed by atoms with Crippen molar-refractivity contribution in [3.05, 3.63) is 86.5 Å². The maximum atomic E-state index is 3.55. The lowest BCUT2D eigenvalue weighted by molar-refractivity contribution is 1.12. The number of thiophene rings is 1. The second-order valence-electron chi connectivity index (χ2n) is 4.93. The van der Waals surface area contributed by atoms with Crippen LogP contribution in [0.25, 0.3) is 0 Å². The molecule has 1 heterocycles. The molecule has 0 bridgehead atoms. The molecule has 1 nitrogen and oxygen atoms in total. The van der Waals surface area contributed by atoms with Crippen molar-refractivity contribution >= 4 is 33.0 Å². The molecule has 0 amide bonds. The zero-order chi connectivity index (χ0) is 14.5. The van der Waals surface area contributed by atoms with E-state index in [1.807, 2.05) is 0 Å². The van der Waals surface area contributed by atoms with Crippen LogP contribution in [0.4, 0.5) is 5.69 Å². The van der Waals surface area contributed by atoms with Crippen molar-refractivity contribution in [2.24, 2.45) is 0 Å². The first-order valence-electron chi connectivity index (χ1n) is 6.90. The van der Waals surface area contributed by atoms with E-state index in [1.54, 1.807) is 11.3 Å². The summed E-state index contributed by atoms with van der Waals surface area (Å²) in [4.78, 5) is 0. The number of benzene rings is 2. The van der Waals surface area contributed by atoms with Gasteiger partial charge < -0.3 is 5.32 Å². The third-order valence-electron chi connectivity index (χ3n) is 3.36. The van der Waals surface area contributed by atoms with Crippen molar-refractivity contribution in [1.82, 2.24) is 0 Å². The normalized spacial score (nSPS) is 10.5. The molecule has 106 valence electrons. The highest BCUT2D eigenvalue weighted by Crippen LogP contribution is 2.23. The van der Waals surface area contributed by atoms with Gasteiger partial charge in [0.25, 0.3) is 0 Å². The molecule has 0 unspecified atom stereocenters. The van der Waals surface area contributed by atoms with Crippen LogP contribution in [0.15, 0.2) is 69.8 Å².